The zero-order chi connectivity index (χ0) is 15.8. The summed E-state index contributed by atoms with van der Waals surface area (Å²) >= 11 is 5.78. The van der Waals surface area contributed by atoms with Crippen LogP contribution in [-0.2, 0) is 4.84 Å². The van der Waals surface area contributed by atoms with Crippen molar-refractivity contribution in [2.75, 3.05) is 0 Å². The largest absolute Gasteiger partial charge is 0.365 e. The summed E-state index contributed by atoms with van der Waals surface area (Å²) in [4.78, 5) is 16.8. The Kier molecular flexibility index (Phi) is 5.92. The molecule has 0 aliphatic heterocycles. The van der Waals surface area contributed by atoms with E-state index >= 15 is 0 Å². The van der Waals surface area contributed by atoms with Crippen molar-refractivity contribution < 1.29 is 9.63 Å². The molecular weight excluding hydrogens is 298 g/mol. The Morgan fingerprint density at radius 1 is 1.14 bits per heavy atom. The van der Waals surface area contributed by atoms with Crippen LogP contribution in [-0.4, -0.2) is 11.7 Å². The van der Waals surface area contributed by atoms with Crippen LogP contribution in [0, 0.1) is 0 Å². The lowest BCUT2D eigenvalue weighted by Crippen LogP contribution is -2.03. The summed E-state index contributed by atoms with van der Waals surface area (Å²) in [7, 11) is 0. The van der Waals surface area contributed by atoms with Gasteiger partial charge in [0.05, 0.1) is 11.3 Å². The number of rotatable bonds is 5. The van der Waals surface area contributed by atoms with Crippen molar-refractivity contribution in [1.82, 2.24) is 0 Å². The van der Waals surface area contributed by atoms with Crippen molar-refractivity contribution in [2.24, 2.45) is 5.16 Å². The lowest BCUT2D eigenvalue weighted by molar-refractivity contribution is 0.0516. The van der Waals surface area contributed by atoms with Crippen LogP contribution in [0.5, 0.6) is 0 Å². The second-order valence-corrected chi connectivity index (χ2v) is 5.00. The molecule has 0 aromatic heterocycles. The molecule has 0 aliphatic carbocycles. The summed E-state index contributed by atoms with van der Waals surface area (Å²) < 4.78 is 0. The highest BCUT2D eigenvalue weighted by molar-refractivity contribution is 6.30. The van der Waals surface area contributed by atoms with Crippen molar-refractivity contribution in [2.45, 2.75) is 13.3 Å². The van der Waals surface area contributed by atoms with Gasteiger partial charge in [0.15, 0.2) is 0 Å². The van der Waals surface area contributed by atoms with Gasteiger partial charge in [-0.25, -0.2) is 4.79 Å². The van der Waals surface area contributed by atoms with Gasteiger partial charge in [0, 0.05) is 5.02 Å². The molecule has 0 bridgehead atoms. The predicted octanol–water partition coefficient (Wildman–Crippen LogP) is 4.98. The Labute approximate surface area is 134 Å². The zero-order valence-electron chi connectivity index (χ0n) is 12.2. The summed E-state index contributed by atoms with van der Waals surface area (Å²) in [5.74, 6) is -0.504. The van der Waals surface area contributed by atoms with Crippen molar-refractivity contribution in [3.8, 4) is 0 Å². The number of halogens is 1. The van der Waals surface area contributed by atoms with E-state index in [1.54, 1.807) is 24.3 Å². The van der Waals surface area contributed by atoms with Crippen LogP contribution in [0.2, 0.25) is 5.02 Å². The van der Waals surface area contributed by atoms with Gasteiger partial charge in [-0.05, 0) is 42.3 Å². The van der Waals surface area contributed by atoms with Gasteiger partial charge in [-0.1, -0.05) is 60.1 Å². The van der Waals surface area contributed by atoms with Crippen LogP contribution in [0.3, 0.4) is 0 Å². The molecule has 22 heavy (non-hydrogen) atoms. The fraction of sp³-hybridized carbons (Fsp3) is 0.111. The quantitative estimate of drug-likeness (QED) is 0.444. The van der Waals surface area contributed by atoms with E-state index in [4.69, 9.17) is 16.4 Å². The number of hydrogen-bond acceptors (Lipinski definition) is 3. The van der Waals surface area contributed by atoms with Crippen LogP contribution < -0.4 is 0 Å². The van der Waals surface area contributed by atoms with E-state index < -0.39 is 5.97 Å². The molecule has 0 saturated heterocycles. The Hall–Kier alpha value is -2.39. The Balaban J connectivity index is 2.01. The van der Waals surface area contributed by atoms with E-state index in [1.165, 1.54) is 0 Å². The van der Waals surface area contributed by atoms with E-state index in [0.29, 0.717) is 22.7 Å². The minimum Gasteiger partial charge on any atom is -0.313 e. The molecule has 0 N–H and O–H groups in total. The van der Waals surface area contributed by atoms with Crippen LogP contribution >= 0.6 is 11.6 Å². The van der Waals surface area contributed by atoms with Crippen LogP contribution in [0.25, 0.3) is 6.08 Å². The molecule has 2 aromatic rings. The number of nitrogens with zero attached hydrogens (tertiary/aromatic N) is 1. The van der Waals surface area contributed by atoms with Crippen molar-refractivity contribution in [3.05, 3.63) is 76.8 Å². The van der Waals surface area contributed by atoms with Gasteiger partial charge in [-0.3, -0.25) is 0 Å². The van der Waals surface area contributed by atoms with Crippen molar-refractivity contribution >= 4 is 29.4 Å². The second kappa shape index (κ2) is 8.15. The maximum absolute atomic E-state index is 11.9. The fourth-order valence-electron chi connectivity index (χ4n) is 1.71. The Bertz CT molecular complexity index is 676. The second-order valence-electron chi connectivity index (χ2n) is 4.57. The van der Waals surface area contributed by atoms with Gasteiger partial charge in [-0.2, -0.15) is 0 Å². The van der Waals surface area contributed by atoms with Crippen LogP contribution in [0.15, 0.2) is 65.8 Å². The summed E-state index contributed by atoms with van der Waals surface area (Å²) in [5, 5.41) is 4.47. The molecule has 0 aliphatic rings. The molecule has 0 saturated carbocycles. The average molecular weight is 314 g/mol. The normalized spacial score (nSPS) is 11.6. The first-order valence-electron chi connectivity index (χ1n) is 6.96. The summed E-state index contributed by atoms with van der Waals surface area (Å²) in [6.07, 6.45) is 4.43. The van der Waals surface area contributed by atoms with Gasteiger partial charge in [0.1, 0.15) is 0 Å². The molecule has 0 radical (unpaired) electrons. The number of oxime groups is 1. The first-order valence-corrected chi connectivity index (χ1v) is 7.33. The number of carbonyl (C=O) groups excluding carboxylic acids is 1. The Morgan fingerprint density at radius 3 is 2.45 bits per heavy atom. The average Bonchev–Trinajstić information content (AvgIpc) is 2.56. The molecule has 0 spiro atoms. The molecule has 3 nitrogen and oxygen atoms in total. The van der Waals surface area contributed by atoms with Gasteiger partial charge >= 0.3 is 5.97 Å². The molecule has 112 valence electrons. The highest BCUT2D eigenvalue weighted by atomic mass is 35.5. The third-order valence-electron chi connectivity index (χ3n) is 2.96. The lowest BCUT2D eigenvalue weighted by Gasteiger charge is -2.00. The van der Waals surface area contributed by atoms with E-state index in [0.717, 1.165) is 5.56 Å². The van der Waals surface area contributed by atoms with Crippen LogP contribution in [0.1, 0.15) is 29.3 Å². The predicted molar refractivity (Wildman–Crippen MR) is 90.1 cm³/mol. The van der Waals surface area contributed by atoms with E-state index in [-0.39, 0.29) is 0 Å². The van der Waals surface area contributed by atoms with E-state index in [1.807, 2.05) is 49.4 Å². The highest BCUT2D eigenvalue weighted by Crippen LogP contribution is 2.11. The summed E-state index contributed by atoms with van der Waals surface area (Å²) in [5.41, 5.74) is 2.16. The maximum atomic E-state index is 11.9. The third kappa shape index (κ3) is 4.86. The molecule has 0 amide bonds. The minimum absolute atomic E-state index is 0.413. The molecule has 0 atom stereocenters. The smallest absolute Gasteiger partial charge is 0.313 e. The molecule has 2 aromatic carbocycles. The molecule has 4 heteroatoms. The van der Waals surface area contributed by atoms with E-state index in [2.05, 4.69) is 5.16 Å². The Morgan fingerprint density at radius 2 is 1.82 bits per heavy atom. The zero-order valence-corrected chi connectivity index (χ0v) is 13.0. The number of hydrogen-bond donors (Lipinski definition) is 0. The highest BCUT2D eigenvalue weighted by Gasteiger charge is 2.06. The summed E-state index contributed by atoms with van der Waals surface area (Å²) in [6.45, 7) is 1.95. The number of benzene rings is 2. The van der Waals surface area contributed by atoms with Gasteiger partial charge in [0.25, 0.3) is 0 Å². The van der Waals surface area contributed by atoms with Gasteiger partial charge < -0.3 is 4.84 Å². The third-order valence-corrected chi connectivity index (χ3v) is 3.21. The lowest BCUT2D eigenvalue weighted by atomic mass is 10.2. The van der Waals surface area contributed by atoms with Crippen molar-refractivity contribution in [1.29, 1.82) is 0 Å². The topological polar surface area (TPSA) is 38.7 Å². The van der Waals surface area contributed by atoms with Gasteiger partial charge in [0.2, 0.25) is 0 Å². The molecule has 2 rings (SSSR count). The standard InChI is InChI=1S/C18H16ClNO2/c1-2-17(13-8-14-6-4-3-5-7-14)20-22-18(21)15-9-11-16(19)12-10-15/h3-13H,2H2,1H3. The van der Waals surface area contributed by atoms with E-state index in [9.17, 15) is 4.79 Å². The molecule has 0 unspecified atom stereocenters. The molecule has 0 fully saturated rings. The number of carbonyl (C=O) groups is 1. The first-order chi connectivity index (χ1) is 10.7. The molecule has 0 heterocycles. The molecular formula is C18H16ClNO2. The fourth-order valence-corrected chi connectivity index (χ4v) is 1.83. The number of allylic oxidation sites excluding steroid dienone is 1. The SMILES string of the molecule is CCC(C=Cc1ccccc1)=NOC(=O)c1ccc(Cl)cc1. The maximum Gasteiger partial charge on any atom is 0.365 e. The van der Waals surface area contributed by atoms with Crippen LogP contribution in [0.4, 0.5) is 0 Å². The first kappa shape index (κ1) is 16.0. The summed E-state index contributed by atoms with van der Waals surface area (Å²) in [6, 6.07) is 16.3. The van der Waals surface area contributed by atoms with Crippen molar-refractivity contribution in [3.63, 3.8) is 0 Å². The monoisotopic (exact) mass is 313 g/mol. The minimum atomic E-state index is -0.504. The van der Waals surface area contributed by atoms with Gasteiger partial charge in [-0.15, -0.1) is 0 Å².